The quantitative estimate of drug-likeness (QED) is 0.666. The smallest absolute Gasteiger partial charge is 0.228 e. The van der Waals surface area contributed by atoms with Crippen molar-refractivity contribution in [1.29, 1.82) is 0 Å². The van der Waals surface area contributed by atoms with Crippen LogP contribution in [0.1, 0.15) is 38.8 Å². The van der Waals surface area contributed by atoms with Crippen LogP contribution in [0.2, 0.25) is 0 Å². The first kappa shape index (κ1) is 21.2. The number of benzene rings is 2. The SMILES string of the molecule is COc1ccc2c(c1)Oc1cc(C)ccc1N=C2N1CCN(C(=O)C(C)(C)C)C(C)C1. The fourth-order valence-corrected chi connectivity index (χ4v) is 4.11. The fraction of sp³-hybridized carbons (Fsp3) is 0.440. The molecule has 2 aromatic rings. The fourth-order valence-electron chi connectivity index (χ4n) is 4.11. The van der Waals surface area contributed by atoms with E-state index in [4.69, 9.17) is 14.5 Å². The van der Waals surface area contributed by atoms with E-state index in [1.807, 2.05) is 69.0 Å². The van der Waals surface area contributed by atoms with E-state index in [0.717, 1.165) is 46.4 Å². The van der Waals surface area contributed by atoms with E-state index in [2.05, 4.69) is 11.8 Å². The molecule has 2 aromatic carbocycles. The van der Waals surface area contributed by atoms with Crippen LogP contribution in [0.3, 0.4) is 0 Å². The second kappa shape index (κ2) is 7.91. The molecule has 31 heavy (non-hydrogen) atoms. The molecule has 1 atom stereocenters. The summed E-state index contributed by atoms with van der Waals surface area (Å²) in [4.78, 5) is 22.2. The van der Waals surface area contributed by atoms with Gasteiger partial charge in [-0.15, -0.1) is 0 Å². The average molecular weight is 422 g/mol. The first-order chi connectivity index (χ1) is 14.7. The van der Waals surface area contributed by atoms with Gasteiger partial charge in [-0.1, -0.05) is 26.8 Å². The van der Waals surface area contributed by atoms with Gasteiger partial charge in [-0.05, 0) is 43.7 Å². The molecule has 1 unspecified atom stereocenters. The van der Waals surface area contributed by atoms with Gasteiger partial charge in [0.2, 0.25) is 5.91 Å². The van der Waals surface area contributed by atoms with Gasteiger partial charge in [0, 0.05) is 37.2 Å². The number of carbonyl (C=O) groups excluding carboxylic acids is 1. The molecule has 1 saturated heterocycles. The van der Waals surface area contributed by atoms with E-state index >= 15 is 0 Å². The number of rotatable bonds is 1. The lowest BCUT2D eigenvalue weighted by Gasteiger charge is -2.43. The number of hydrogen-bond acceptors (Lipinski definition) is 5. The number of hydrogen-bond donors (Lipinski definition) is 0. The van der Waals surface area contributed by atoms with Crippen LogP contribution in [0.4, 0.5) is 5.69 Å². The van der Waals surface area contributed by atoms with Crippen LogP contribution in [-0.4, -0.2) is 54.3 Å². The molecule has 1 fully saturated rings. The van der Waals surface area contributed by atoms with Crippen molar-refractivity contribution in [3.8, 4) is 17.2 Å². The molecule has 0 radical (unpaired) electrons. The lowest BCUT2D eigenvalue weighted by Crippen LogP contribution is -2.57. The molecule has 164 valence electrons. The predicted molar refractivity (Wildman–Crippen MR) is 123 cm³/mol. The average Bonchev–Trinajstić information content (AvgIpc) is 2.88. The highest BCUT2D eigenvalue weighted by molar-refractivity contribution is 6.04. The monoisotopic (exact) mass is 421 g/mol. The van der Waals surface area contributed by atoms with Crippen molar-refractivity contribution in [2.24, 2.45) is 10.4 Å². The lowest BCUT2D eigenvalue weighted by molar-refractivity contribution is -0.143. The van der Waals surface area contributed by atoms with E-state index in [0.29, 0.717) is 13.1 Å². The number of aryl methyl sites for hydroxylation is 1. The Morgan fingerprint density at radius 1 is 1.13 bits per heavy atom. The first-order valence-corrected chi connectivity index (χ1v) is 10.8. The van der Waals surface area contributed by atoms with Gasteiger partial charge in [0.25, 0.3) is 0 Å². The molecular weight excluding hydrogens is 390 g/mol. The van der Waals surface area contributed by atoms with Gasteiger partial charge < -0.3 is 19.3 Å². The van der Waals surface area contributed by atoms with Gasteiger partial charge in [-0.2, -0.15) is 0 Å². The molecule has 2 aliphatic heterocycles. The van der Waals surface area contributed by atoms with Gasteiger partial charge in [0.15, 0.2) is 5.75 Å². The largest absolute Gasteiger partial charge is 0.497 e. The molecule has 0 saturated carbocycles. The molecule has 2 heterocycles. The Labute approximate surface area is 184 Å². The molecule has 0 spiro atoms. The minimum atomic E-state index is -0.385. The molecule has 0 bridgehead atoms. The normalized spacial score (nSPS) is 18.4. The third kappa shape index (κ3) is 4.11. The maximum atomic E-state index is 12.9. The van der Waals surface area contributed by atoms with Crippen LogP contribution in [0.15, 0.2) is 41.4 Å². The number of methoxy groups -OCH3 is 1. The topological polar surface area (TPSA) is 54.4 Å². The third-order valence-corrected chi connectivity index (χ3v) is 5.82. The van der Waals surface area contributed by atoms with E-state index < -0.39 is 0 Å². The van der Waals surface area contributed by atoms with Gasteiger partial charge >= 0.3 is 0 Å². The van der Waals surface area contributed by atoms with Crippen LogP contribution >= 0.6 is 0 Å². The number of nitrogens with zero attached hydrogens (tertiary/aromatic N) is 3. The van der Waals surface area contributed by atoms with E-state index in [9.17, 15) is 4.79 Å². The number of piperazine rings is 1. The van der Waals surface area contributed by atoms with Gasteiger partial charge in [0.05, 0.1) is 12.7 Å². The number of ether oxygens (including phenoxy) is 2. The summed E-state index contributed by atoms with van der Waals surface area (Å²) < 4.78 is 11.7. The summed E-state index contributed by atoms with van der Waals surface area (Å²) in [7, 11) is 1.65. The van der Waals surface area contributed by atoms with E-state index in [1.165, 1.54) is 0 Å². The number of amidine groups is 1. The number of amides is 1. The Balaban J connectivity index is 1.72. The minimum absolute atomic E-state index is 0.0894. The number of fused-ring (bicyclic) bond motifs is 2. The van der Waals surface area contributed by atoms with Crippen LogP contribution in [-0.2, 0) is 4.79 Å². The Kier molecular flexibility index (Phi) is 5.42. The Morgan fingerprint density at radius 3 is 2.58 bits per heavy atom. The molecule has 1 amide bonds. The van der Waals surface area contributed by atoms with Crippen molar-refractivity contribution in [3.05, 3.63) is 47.5 Å². The minimum Gasteiger partial charge on any atom is -0.497 e. The molecule has 4 rings (SSSR count). The number of carbonyl (C=O) groups is 1. The summed E-state index contributed by atoms with van der Waals surface area (Å²) in [5.74, 6) is 3.26. The molecule has 0 N–H and O–H groups in total. The third-order valence-electron chi connectivity index (χ3n) is 5.82. The van der Waals surface area contributed by atoms with Crippen LogP contribution < -0.4 is 9.47 Å². The molecule has 2 aliphatic rings. The number of aliphatic imine (C=N–C) groups is 1. The molecule has 6 nitrogen and oxygen atoms in total. The van der Waals surface area contributed by atoms with E-state index in [1.54, 1.807) is 7.11 Å². The summed E-state index contributed by atoms with van der Waals surface area (Å²) in [5, 5.41) is 0. The van der Waals surface area contributed by atoms with Crippen molar-refractivity contribution in [1.82, 2.24) is 9.80 Å². The van der Waals surface area contributed by atoms with Crippen molar-refractivity contribution in [2.45, 2.75) is 40.7 Å². The molecule has 0 aromatic heterocycles. The van der Waals surface area contributed by atoms with Gasteiger partial charge in [0.1, 0.15) is 23.0 Å². The highest BCUT2D eigenvalue weighted by atomic mass is 16.5. The van der Waals surface area contributed by atoms with Crippen molar-refractivity contribution >= 4 is 17.4 Å². The maximum Gasteiger partial charge on any atom is 0.228 e. The summed E-state index contributed by atoms with van der Waals surface area (Å²) in [5.41, 5.74) is 2.46. The highest BCUT2D eigenvalue weighted by Gasteiger charge is 2.35. The Morgan fingerprint density at radius 2 is 1.90 bits per heavy atom. The second-order valence-corrected chi connectivity index (χ2v) is 9.41. The molecular formula is C25H31N3O3. The highest BCUT2D eigenvalue weighted by Crippen LogP contribution is 2.40. The summed E-state index contributed by atoms with van der Waals surface area (Å²) >= 11 is 0. The van der Waals surface area contributed by atoms with Crippen LogP contribution in [0.25, 0.3) is 0 Å². The van der Waals surface area contributed by atoms with E-state index in [-0.39, 0.29) is 17.4 Å². The van der Waals surface area contributed by atoms with Crippen LogP contribution in [0, 0.1) is 12.3 Å². The molecule has 6 heteroatoms. The summed E-state index contributed by atoms with van der Waals surface area (Å²) in [6, 6.07) is 12.0. The standard InChI is InChI=1S/C25H31N3O3/c1-16-7-10-20-22(13-16)31-21-14-18(30-6)8-9-19(21)23(26-20)27-11-12-28(17(2)15-27)24(29)25(3,4)5/h7-10,13-14,17H,11-12,15H2,1-6H3. The zero-order valence-electron chi connectivity index (χ0n) is 19.2. The van der Waals surface area contributed by atoms with Crippen molar-refractivity contribution in [3.63, 3.8) is 0 Å². The first-order valence-electron chi connectivity index (χ1n) is 10.8. The summed E-state index contributed by atoms with van der Waals surface area (Å²) in [6.45, 7) is 12.2. The van der Waals surface area contributed by atoms with Crippen LogP contribution in [0.5, 0.6) is 17.2 Å². The second-order valence-electron chi connectivity index (χ2n) is 9.41. The van der Waals surface area contributed by atoms with Gasteiger partial charge in [-0.25, -0.2) is 4.99 Å². The van der Waals surface area contributed by atoms with Gasteiger partial charge in [-0.3, -0.25) is 4.79 Å². The lowest BCUT2D eigenvalue weighted by atomic mass is 9.93. The van der Waals surface area contributed by atoms with Crippen molar-refractivity contribution in [2.75, 3.05) is 26.7 Å². The zero-order valence-corrected chi connectivity index (χ0v) is 19.2. The Bertz CT molecular complexity index is 1040. The predicted octanol–water partition coefficient (Wildman–Crippen LogP) is 4.77. The van der Waals surface area contributed by atoms with Crippen molar-refractivity contribution < 1.29 is 14.3 Å². The summed E-state index contributed by atoms with van der Waals surface area (Å²) in [6.07, 6.45) is 0. The zero-order chi connectivity index (χ0) is 22.3. The maximum absolute atomic E-state index is 12.9. The Hall–Kier alpha value is -3.02. The molecule has 0 aliphatic carbocycles.